The Hall–Kier alpha value is -1.01. The Morgan fingerprint density at radius 2 is 2.00 bits per heavy atom. The van der Waals surface area contributed by atoms with E-state index in [1.807, 2.05) is 30.5 Å². The first-order chi connectivity index (χ1) is 7.54. The predicted octanol–water partition coefficient (Wildman–Crippen LogP) is 2.81. The summed E-state index contributed by atoms with van der Waals surface area (Å²) in [6, 6.07) is 6.97. The van der Waals surface area contributed by atoms with Crippen molar-refractivity contribution in [3.63, 3.8) is 0 Å². The summed E-state index contributed by atoms with van der Waals surface area (Å²) in [6.07, 6.45) is 1.84. The molecule has 0 heterocycles. The van der Waals surface area contributed by atoms with Crippen LogP contribution in [0.4, 0.5) is 10.5 Å². The van der Waals surface area contributed by atoms with Gasteiger partial charge in [-0.3, -0.25) is 4.90 Å². The van der Waals surface area contributed by atoms with Crippen LogP contribution in [-0.4, -0.2) is 29.4 Å². The Balaban J connectivity index is 2.95. The zero-order valence-corrected chi connectivity index (χ0v) is 11.4. The number of carbonyl (C=O) groups excluding carboxylic acids is 1. The van der Waals surface area contributed by atoms with Crippen molar-refractivity contribution in [1.82, 2.24) is 4.90 Å². The molecule has 0 spiro atoms. The van der Waals surface area contributed by atoms with E-state index in [1.165, 1.54) is 16.7 Å². The molecule has 0 aliphatic carbocycles. The van der Waals surface area contributed by atoms with E-state index in [4.69, 9.17) is 5.73 Å². The van der Waals surface area contributed by atoms with Crippen LogP contribution in [0.15, 0.2) is 33.7 Å². The van der Waals surface area contributed by atoms with Crippen LogP contribution < -0.4 is 5.73 Å². The number of hydrogen-bond acceptors (Lipinski definition) is 3. The van der Waals surface area contributed by atoms with Crippen LogP contribution in [0.1, 0.15) is 0 Å². The molecule has 1 aromatic rings. The Labute approximate surface area is 107 Å². The van der Waals surface area contributed by atoms with E-state index in [0.29, 0.717) is 5.17 Å². The molecule has 16 heavy (non-hydrogen) atoms. The summed E-state index contributed by atoms with van der Waals surface area (Å²) in [5, 5.41) is 0.565. The summed E-state index contributed by atoms with van der Waals surface area (Å²) < 4.78 is 0.986. The van der Waals surface area contributed by atoms with Crippen LogP contribution in [0.5, 0.6) is 0 Å². The highest BCUT2D eigenvalue weighted by Gasteiger charge is 2.10. The molecule has 0 aliphatic heterocycles. The van der Waals surface area contributed by atoms with Gasteiger partial charge in [-0.15, -0.1) is 0 Å². The van der Waals surface area contributed by atoms with Gasteiger partial charge in [0.15, 0.2) is 5.17 Å². The number of urea groups is 1. The molecular formula is C10H12BrN3OS. The lowest BCUT2D eigenvalue weighted by molar-refractivity contribution is 0.236. The Bertz CT molecular complexity index is 405. The Morgan fingerprint density at radius 3 is 2.44 bits per heavy atom. The topological polar surface area (TPSA) is 58.7 Å². The standard InChI is InChI=1S/C10H12BrN3OS/c1-14(9(12)15)10(16-2)13-8-5-3-7(11)4-6-8/h3-6H,1-2H3,(H2,12,15). The third kappa shape index (κ3) is 3.53. The van der Waals surface area contributed by atoms with E-state index in [1.54, 1.807) is 7.05 Å². The monoisotopic (exact) mass is 301 g/mol. The van der Waals surface area contributed by atoms with Crippen LogP contribution >= 0.6 is 27.7 Å². The largest absolute Gasteiger partial charge is 0.351 e. The maximum absolute atomic E-state index is 11.0. The molecule has 0 atom stereocenters. The lowest BCUT2D eigenvalue weighted by Gasteiger charge is -2.14. The van der Waals surface area contributed by atoms with E-state index in [2.05, 4.69) is 20.9 Å². The molecule has 6 heteroatoms. The molecule has 0 aliphatic rings. The number of nitrogens with zero attached hydrogens (tertiary/aromatic N) is 2. The minimum atomic E-state index is -0.523. The highest BCUT2D eigenvalue weighted by atomic mass is 79.9. The molecule has 2 N–H and O–H groups in total. The zero-order valence-electron chi connectivity index (χ0n) is 8.98. The van der Waals surface area contributed by atoms with Crippen LogP contribution in [0.25, 0.3) is 0 Å². The number of primary amides is 1. The number of aliphatic imine (C=N–C) groups is 1. The van der Waals surface area contributed by atoms with Crippen molar-refractivity contribution in [2.45, 2.75) is 0 Å². The van der Waals surface area contributed by atoms with E-state index < -0.39 is 6.03 Å². The van der Waals surface area contributed by atoms with Crippen molar-refractivity contribution in [3.8, 4) is 0 Å². The maximum atomic E-state index is 11.0. The fourth-order valence-corrected chi connectivity index (χ4v) is 1.80. The van der Waals surface area contributed by atoms with Crippen molar-refractivity contribution in [2.24, 2.45) is 10.7 Å². The number of hydrogen-bond donors (Lipinski definition) is 1. The normalized spacial score (nSPS) is 11.3. The van der Waals surface area contributed by atoms with Gasteiger partial charge in [-0.25, -0.2) is 9.79 Å². The fourth-order valence-electron chi connectivity index (χ4n) is 0.978. The summed E-state index contributed by atoms with van der Waals surface area (Å²) in [6.45, 7) is 0. The van der Waals surface area contributed by atoms with Gasteiger partial charge in [0.2, 0.25) is 0 Å². The van der Waals surface area contributed by atoms with Gasteiger partial charge in [0.05, 0.1) is 5.69 Å². The predicted molar refractivity (Wildman–Crippen MR) is 72.1 cm³/mol. The summed E-state index contributed by atoms with van der Waals surface area (Å²) >= 11 is 4.71. The maximum Gasteiger partial charge on any atom is 0.320 e. The summed E-state index contributed by atoms with van der Waals surface area (Å²) in [4.78, 5) is 16.6. The smallest absolute Gasteiger partial charge is 0.320 e. The SMILES string of the molecule is CSC(=Nc1ccc(Br)cc1)N(C)C(N)=O. The lowest BCUT2D eigenvalue weighted by atomic mass is 10.3. The molecular weight excluding hydrogens is 290 g/mol. The van der Waals surface area contributed by atoms with Crippen molar-refractivity contribution in [3.05, 3.63) is 28.7 Å². The molecule has 0 saturated carbocycles. The molecule has 0 bridgehead atoms. The number of benzene rings is 1. The first-order valence-corrected chi connectivity index (χ1v) is 6.47. The summed E-state index contributed by atoms with van der Waals surface area (Å²) in [7, 11) is 1.59. The second-order valence-electron chi connectivity index (χ2n) is 2.97. The molecule has 1 rings (SSSR count). The first kappa shape index (κ1) is 13.1. The third-order valence-electron chi connectivity index (χ3n) is 1.85. The average molecular weight is 302 g/mol. The van der Waals surface area contributed by atoms with Gasteiger partial charge < -0.3 is 5.73 Å². The Morgan fingerprint density at radius 1 is 1.44 bits per heavy atom. The van der Waals surface area contributed by atoms with Gasteiger partial charge in [-0.05, 0) is 30.5 Å². The third-order valence-corrected chi connectivity index (χ3v) is 3.11. The molecule has 2 amide bonds. The van der Waals surface area contributed by atoms with Gasteiger partial charge in [0.1, 0.15) is 0 Å². The number of carbonyl (C=O) groups is 1. The number of amides is 2. The highest BCUT2D eigenvalue weighted by Crippen LogP contribution is 2.19. The number of nitrogens with two attached hydrogens (primary N) is 1. The molecule has 1 aromatic carbocycles. The van der Waals surface area contributed by atoms with E-state index >= 15 is 0 Å². The molecule has 0 saturated heterocycles. The quantitative estimate of drug-likeness (QED) is 0.640. The van der Waals surface area contributed by atoms with Crippen molar-refractivity contribution >= 4 is 44.6 Å². The van der Waals surface area contributed by atoms with Gasteiger partial charge >= 0.3 is 6.03 Å². The number of rotatable bonds is 1. The Kier molecular flexibility index (Phi) is 4.82. The average Bonchev–Trinajstić information content (AvgIpc) is 2.27. The van der Waals surface area contributed by atoms with Gasteiger partial charge in [-0.1, -0.05) is 27.7 Å². The lowest BCUT2D eigenvalue weighted by Crippen LogP contribution is -2.35. The number of halogens is 1. The molecule has 0 unspecified atom stereocenters. The molecule has 0 fully saturated rings. The van der Waals surface area contributed by atoms with Crippen molar-refractivity contribution in [1.29, 1.82) is 0 Å². The zero-order chi connectivity index (χ0) is 12.1. The minimum Gasteiger partial charge on any atom is -0.351 e. The van der Waals surface area contributed by atoms with Crippen LogP contribution in [0.3, 0.4) is 0 Å². The van der Waals surface area contributed by atoms with Crippen LogP contribution in [0.2, 0.25) is 0 Å². The van der Waals surface area contributed by atoms with Crippen LogP contribution in [0, 0.1) is 0 Å². The van der Waals surface area contributed by atoms with E-state index in [0.717, 1.165) is 10.2 Å². The number of amidine groups is 1. The second-order valence-corrected chi connectivity index (χ2v) is 4.66. The van der Waals surface area contributed by atoms with Gasteiger partial charge in [0.25, 0.3) is 0 Å². The molecule has 0 aromatic heterocycles. The van der Waals surface area contributed by atoms with Crippen LogP contribution in [-0.2, 0) is 0 Å². The van der Waals surface area contributed by atoms with E-state index in [9.17, 15) is 4.79 Å². The molecule has 0 radical (unpaired) electrons. The molecule has 86 valence electrons. The highest BCUT2D eigenvalue weighted by molar-refractivity contribution is 9.10. The second kappa shape index (κ2) is 5.91. The first-order valence-electron chi connectivity index (χ1n) is 4.46. The summed E-state index contributed by atoms with van der Waals surface area (Å²) in [5.74, 6) is 0. The van der Waals surface area contributed by atoms with Gasteiger partial charge in [0, 0.05) is 11.5 Å². The number of thioether (sulfide) groups is 1. The minimum absolute atomic E-state index is 0.523. The van der Waals surface area contributed by atoms with Crippen molar-refractivity contribution < 1.29 is 4.79 Å². The van der Waals surface area contributed by atoms with Crippen molar-refractivity contribution in [2.75, 3.05) is 13.3 Å². The van der Waals surface area contributed by atoms with E-state index in [-0.39, 0.29) is 0 Å². The fraction of sp³-hybridized carbons (Fsp3) is 0.200. The van der Waals surface area contributed by atoms with Gasteiger partial charge in [-0.2, -0.15) is 0 Å². The molecule has 4 nitrogen and oxygen atoms in total. The summed E-state index contributed by atoms with van der Waals surface area (Å²) in [5.41, 5.74) is 5.95.